The molecule has 2 N–H and O–H groups in total. The number of nitrogens with one attached hydrogen (secondary N) is 2. The zero-order chi connectivity index (χ0) is 19.3. The molecule has 1 aromatic carbocycles. The Morgan fingerprint density at radius 3 is 2.96 bits per heavy atom. The molecule has 3 aromatic rings. The topological polar surface area (TPSA) is 57.8 Å². The van der Waals surface area contributed by atoms with Crippen molar-refractivity contribution < 1.29 is 0 Å². The number of hydrogen-bond acceptors (Lipinski definition) is 3. The minimum absolute atomic E-state index is 0.0361. The smallest absolute Gasteiger partial charge is 0.248 e. The van der Waals surface area contributed by atoms with Gasteiger partial charge in [-0.05, 0) is 62.6 Å². The van der Waals surface area contributed by atoms with E-state index in [0.717, 1.165) is 35.1 Å². The summed E-state index contributed by atoms with van der Waals surface area (Å²) in [7, 11) is 0. The molecule has 2 aromatic heterocycles. The summed E-state index contributed by atoms with van der Waals surface area (Å²) in [5, 5.41) is 5.01. The van der Waals surface area contributed by atoms with Gasteiger partial charge in [-0.15, -0.1) is 0 Å². The van der Waals surface area contributed by atoms with Gasteiger partial charge >= 0.3 is 0 Å². The molecule has 0 saturated heterocycles. The fourth-order valence-electron chi connectivity index (χ4n) is 5.13. The highest BCUT2D eigenvalue weighted by Crippen LogP contribution is 2.51. The Labute approximate surface area is 164 Å². The summed E-state index contributed by atoms with van der Waals surface area (Å²) >= 11 is 0. The van der Waals surface area contributed by atoms with E-state index in [-0.39, 0.29) is 11.1 Å². The first-order valence-corrected chi connectivity index (χ1v) is 9.79. The van der Waals surface area contributed by atoms with Gasteiger partial charge in [-0.25, -0.2) is 0 Å². The molecule has 0 spiro atoms. The molecule has 0 saturated carbocycles. The fraction of sp³-hybridized carbons (Fsp3) is 0.250. The van der Waals surface area contributed by atoms with Crippen LogP contribution in [0.4, 0.5) is 5.69 Å². The number of aromatic nitrogens is 2. The molecule has 2 aliphatic carbocycles. The number of rotatable bonds is 2. The minimum atomic E-state index is -0.361. The second-order valence-corrected chi connectivity index (χ2v) is 7.87. The van der Waals surface area contributed by atoms with Crippen molar-refractivity contribution in [3.63, 3.8) is 0 Å². The first kappa shape index (κ1) is 17.0. The lowest BCUT2D eigenvalue weighted by Crippen LogP contribution is -2.47. The van der Waals surface area contributed by atoms with Crippen LogP contribution in [-0.4, -0.2) is 9.97 Å². The molecule has 0 unspecified atom stereocenters. The summed E-state index contributed by atoms with van der Waals surface area (Å²) < 4.78 is 0. The Morgan fingerprint density at radius 1 is 1.21 bits per heavy atom. The number of allylic oxidation sites excluding steroid dienone is 2. The number of hydrogen-bond donors (Lipinski definition) is 2. The quantitative estimate of drug-likeness (QED) is 0.644. The Kier molecular flexibility index (Phi) is 3.76. The predicted molar refractivity (Wildman–Crippen MR) is 113 cm³/mol. The van der Waals surface area contributed by atoms with Gasteiger partial charge in [0, 0.05) is 40.5 Å². The predicted octanol–water partition coefficient (Wildman–Crippen LogP) is 4.70. The summed E-state index contributed by atoms with van der Waals surface area (Å²) in [5.41, 5.74) is 6.60. The van der Waals surface area contributed by atoms with Crippen molar-refractivity contribution in [1.82, 2.24) is 9.97 Å². The van der Waals surface area contributed by atoms with Crippen molar-refractivity contribution in [2.24, 2.45) is 5.92 Å². The number of anilines is 1. The van der Waals surface area contributed by atoms with Crippen LogP contribution in [0.5, 0.6) is 0 Å². The normalized spacial score (nSPS) is 24.7. The van der Waals surface area contributed by atoms with Crippen LogP contribution in [-0.2, 0) is 12.0 Å². The van der Waals surface area contributed by atoms with E-state index in [9.17, 15) is 4.79 Å². The molecular formula is C24H23N3O. The third-order valence-corrected chi connectivity index (χ3v) is 6.11. The van der Waals surface area contributed by atoms with Gasteiger partial charge in [-0.2, -0.15) is 0 Å². The van der Waals surface area contributed by atoms with Crippen molar-refractivity contribution in [1.29, 1.82) is 0 Å². The summed E-state index contributed by atoms with van der Waals surface area (Å²) in [6.07, 6.45) is 8.14. The zero-order valence-corrected chi connectivity index (χ0v) is 16.1. The lowest BCUT2D eigenvalue weighted by atomic mass is 9.63. The molecule has 2 atom stereocenters. The van der Waals surface area contributed by atoms with Gasteiger partial charge in [-0.3, -0.25) is 9.78 Å². The average molecular weight is 369 g/mol. The molecule has 0 aliphatic heterocycles. The number of nitrogens with zero attached hydrogens (tertiary/aromatic N) is 1. The van der Waals surface area contributed by atoms with Crippen LogP contribution in [0.3, 0.4) is 0 Å². The van der Waals surface area contributed by atoms with E-state index in [1.54, 1.807) is 6.07 Å². The molecule has 2 bridgehead atoms. The van der Waals surface area contributed by atoms with E-state index in [1.807, 2.05) is 30.5 Å². The number of pyridine rings is 2. The fourth-order valence-corrected chi connectivity index (χ4v) is 5.13. The Balaban J connectivity index is 1.76. The lowest BCUT2D eigenvalue weighted by molar-refractivity contribution is 0.440. The van der Waals surface area contributed by atoms with Crippen LogP contribution in [0.15, 0.2) is 76.8 Å². The van der Waals surface area contributed by atoms with Gasteiger partial charge in [0.05, 0.1) is 11.1 Å². The molecule has 0 fully saturated rings. The van der Waals surface area contributed by atoms with Crippen LogP contribution < -0.4 is 10.9 Å². The van der Waals surface area contributed by atoms with Crippen LogP contribution in [0, 0.1) is 5.92 Å². The first-order chi connectivity index (χ1) is 13.6. The van der Waals surface area contributed by atoms with E-state index in [0.29, 0.717) is 5.92 Å². The highest BCUT2D eigenvalue weighted by atomic mass is 16.1. The van der Waals surface area contributed by atoms with Crippen molar-refractivity contribution >= 4 is 16.6 Å². The maximum atomic E-state index is 12.0. The lowest BCUT2D eigenvalue weighted by Gasteiger charge is -2.48. The van der Waals surface area contributed by atoms with Gasteiger partial charge in [-0.1, -0.05) is 23.8 Å². The van der Waals surface area contributed by atoms with Crippen LogP contribution in [0.2, 0.25) is 0 Å². The number of benzene rings is 1. The SMILES string of the molecule is C/C=C1\[C@H]2C=C(C)C[C@]1(Nc1cccc3ncccc13)c1ccc(=O)[nH]c1C2. The largest absolute Gasteiger partial charge is 0.371 e. The van der Waals surface area contributed by atoms with Gasteiger partial charge in [0.15, 0.2) is 0 Å². The van der Waals surface area contributed by atoms with Crippen LogP contribution in [0.25, 0.3) is 10.9 Å². The highest BCUT2D eigenvalue weighted by Gasteiger charge is 2.46. The standard InChI is InChI=1S/C24H23N3O/c1-3-18-16-12-15(2)14-24(18,19-9-10-23(28)26-22(19)13-16)27-21-8-4-7-20-17(21)6-5-11-25-20/h3-12,16,27H,13-14H2,1-2H3,(H,26,28)/b18-3+/t16-,24+/m0/s1. The molecule has 140 valence electrons. The van der Waals surface area contributed by atoms with E-state index < -0.39 is 0 Å². The monoisotopic (exact) mass is 369 g/mol. The van der Waals surface area contributed by atoms with Crippen LogP contribution >= 0.6 is 0 Å². The number of aromatic amines is 1. The van der Waals surface area contributed by atoms with Crippen molar-refractivity contribution in [3.8, 4) is 0 Å². The van der Waals surface area contributed by atoms with Gasteiger partial charge in [0.25, 0.3) is 0 Å². The molecule has 0 radical (unpaired) electrons. The van der Waals surface area contributed by atoms with Crippen molar-refractivity contribution in [2.75, 3.05) is 5.32 Å². The third kappa shape index (κ3) is 2.44. The Bertz CT molecular complexity index is 1200. The van der Waals surface area contributed by atoms with Crippen LogP contribution in [0.1, 0.15) is 31.5 Å². The Morgan fingerprint density at radius 2 is 2.11 bits per heavy atom. The summed E-state index contributed by atoms with van der Waals surface area (Å²) in [6.45, 7) is 4.33. The number of fused-ring (bicyclic) bond motifs is 5. The second-order valence-electron chi connectivity index (χ2n) is 7.87. The second kappa shape index (κ2) is 6.20. The molecule has 2 heterocycles. The van der Waals surface area contributed by atoms with Gasteiger partial charge in [0.2, 0.25) is 5.56 Å². The van der Waals surface area contributed by atoms with E-state index in [1.165, 1.54) is 16.7 Å². The van der Waals surface area contributed by atoms with Crippen molar-refractivity contribution in [2.45, 2.75) is 32.2 Å². The number of H-pyrrole nitrogens is 1. The van der Waals surface area contributed by atoms with Gasteiger partial charge < -0.3 is 10.3 Å². The van der Waals surface area contributed by atoms with Gasteiger partial charge in [0.1, 0.15) is 0 Å². The summed E-state index contributed by atoms with van der Waals surface area (Å²) in [6, 6.07) is 13.9. The molecule has 4 nitrogen and oxygen atoms in total. The molecule has 4 heteroatoms. The summed E-state index contributed by atoms with van der Waals surface area (Å²) in [5.74, 6) is 0.296. The third-order valence-electron chi connectivity index (χ3n) is 6.11. The molecule has 2 aliphatic rings. The molecule has 28 heavy (non-hydrogen) atoms. The van der Waals surface area contributed by atoms with E-state index in [2.05, 4.69) is 53.4 Å². The molecule has 0 amide bonds. The summed E-state index contributed by atoms with van der Waals surface area (Å²) in [4.78, 5) is 19.6. The zero-order valence-electron chi connectivity index (χ0n) is 16.1. The van der Waals surface area contributed by atoms with E-state index in [4.69, 9.17) is 0 Å². The minimum Gasteiger partial charge on any atom is -0.371 e. The first-order valence-electron chi connectivity index (χ1n) is 9.79. The average Bonchev–Trinajstić information content (AvgIpc) is 2.67. The van der Waals surface area contributed by atoms with Crippen molar-refractivity contribution in [3.05, 3.63) is 93.6 Å². The molecular weight excluding hydrogens is 346 g/mol. The van der Waals surface area contributed by atoms with E-state index >= 15 is 0 Å². The molecule has 5 rings (SSSR count). The maximum absolute atomic E-state index is 12.0. The maximum Gasteiger partial charge on any atom is 0.248 e. The Hall–Kier alpha value is -3.14. The highest BCUT2D eigenvalue weighted by molar-refractivity contribution is 5.91.